The van der Waals surface area contributed by atoms with Gasteiger partial charge in [-0.3, -0.25) is 4.79 Å². The molecule has 3 aromatic rings. The molecule has 25 heavy (non-hydrogen) atoms. The third-order valence-corrected chi connectivity index (χ3v) is 5.03. The molecule has 0 spiro atoms. The SMILES string of the molecule is O=C(Nc1ccsc1-c1nc(C2CC2)no1)c1ccc2c(c1)OCO2. The average Bonchev–Trinajstić information content (AvgIpc) is 3.04. The lowest BCUT2D eigenvalue weighted by atomic mass is 10.2. The molecule has 3 heterocycles. The van der Waals surface area contributed by atoms with Crippen LogP contribution in [0.1, 0.15) is 34.9 Å². The molecule has 0 atom stereocenters. The fourth-order valence-corrected chi connectivity index (χ4v) is 3.41. The van der Waals surface area contributed by atoms with Gasteiger partial charge in [0.1, 0.15) is 4.88 Å². The summed E-state index contributed by atoms with van der Waals surface area (Å²) in [7, 11) is 0. The second-order valence-corrected chi connectivity index (χ2v) is 6.83. The van der Waals surface area contributed by atoms with Gasteiger partial charge in [0.15, 0.2) is 17.3 Å². The highest BCUT2D eigenvalue weighted by Gasteiger charge is 2.29. The molecule has 126 valence electrons. The summed E-state index contributed by atoms with van der Waals surface area (Å²) in [6, 6.07) is 6.92. The summed E-state index contributed by atoms with van der Waals surface area (Å²) in [5, 5.41) is 8.81. The van der Waals surface area contributed by atoms with Crippen molar-refractivity contribution in [3.8, 4) is 22.3 Å². The number of hydrogen-bond acceptors (Lipinski definition) is 7. The molecule has 1 aromatic carbocycles. The van der Waals surface area contributed by atoms with Crippen LogP contribution >= 0.6 is 11.3 Å². The van der Waals surface area contributed by atoms with Crippen LogP contribution in [0.3, 0.4) is 0 Å². The zero-order valence-electron chi connectivity index (χ0n) is 13.0. The molecule has 7 nitrogen and oxygen atoms in total. The van der Waals surface area contributed by atoms with E-state index in [0.717, 1.165) is 23.5 Å². The summed E-state index contributed by atoms with van der Waals surface area (Å²) < 4.78 is 15.9. The first kappa shape index (κ1) is 14.5. The summed E-state index contributed by atoms with van der Waals surface area (Å²) in [6.45, 7) is 0.176. The molecule has 1 fully saturated rings. The molecule has 2 aromatic heterocycles. The summed E-state index contributed by atoms with van der Waals surface area (Å²) >= 11 is 1.45. The summed E-state index contributed by atoms with van der Waals surface area (Å²) in [6.07, 6.45) is 2.22. The van der Waals surface area contributed by atoms with Crippen LogP contribution in [0.2, 0.25) is 0 Å². The van der Waals surface area contributed by atoms with Crippen LogP contribution in [-0.4, -0.2) is 22.8 Å². The highest BCUT2D eigenvalue weighted by Crippen LogP contribution is 2.40. The van der Waals surface area contributed by atoms with Crippen molar-refractivity contribution in [2.75, 3.05) is 12.1 Å². The standard InChI is InChI=1S/C17H13N3O4S/c21-16(10-3-4-12-13(7-10)23-8-22-12)18-11-5-6-25-14(11)17-19-15(20-24-17)9-1-2-9/h3-7,9H,1-2,8H2,(H,18,21). The van der Waals surface area contributed by atoms with E-state index in [9.17, 15) is 4.79 Å². The first-order valence-electron chi connectivity index (χ1n) is 7.90. The van der Waals surface area contributed by atoms with Gasteiger partial charge in [-0.1, -0.05) is 5.16 Å². The lowest BCUT2D eigenvalue weighted by Crippen LogP contribution is -2.11. The van der Waals surface area contributed by atoms with E-state index in [2.05, 4.69) is 15.5 Å². The van der Waals surface area contributed by atoms with Crippen molar-refractivity contribution in [2.45, 2.75) is 18.8 Å². The third kappa shape index (κ3) is 2.64. The van der Waals surface area contributed by atoms with Crippen LogP contribution in [0.25, 0.3) is 10.8 Å². The van der Waals surface area contributed by atoms with Crippen LogP contribution in [-0.2, 0) is 0 Å². The second kappa shape index (κ2) is 5.59. The number of carbonyl (C=O) groups is 1. The van der Waals surface area contributed by atoms with E-state index in [4.69, 9.17) is 14.0 Å². The normalized spacial score (nSPS) is 15.4. The molecule has 0 bridgehead atoms. The number of hydrogen-bond donors (Lipinski definition) is 1. The number of aromatic nitrogens is 2. The van der Waals surface area contributed by atoms with Crippen molar-refractivity contribution in [3.63, 3.8) is 0 Å². The van der Waals surface area contributed by atoms with Gasteiger partial charge in [-0.15, -0.1) is 11.3 Å². The second-order valence-electron chi connectivity index (χ2n) is 5.92. The van der Waals surface area contributed by atoms with Crippen molar-refractivity contribution in [3.05, 3.63) is 41.0 Å². The predicted molar refractivity (Wildman–Crippen MR) is 90.1 cm³/mol. The van der Waals surface area contributed by atoms with E-state index in [-0.39, 0.29) is 12.7 Å². The van der Waals surface area contributed by atoms with Gasteiger partial charge in [0, 0.05) is 11.5 Å². The Balaban J connectivity index is 1.39. The van der Waals surface area contributed by atoms with Crippen molar-refractivity contribution >= 4 is 22.9 Å². The van der Waals surface area contributed by atoms with E-state index in [1.807, 2.05) is 11.4 Å². The molecule has 1 aliphatic carbocycles. The van der Waals surface area contributed by atoms with E-state index in [1.54, 1.807) is 18.2 Å². The third-order valence-electron chi connectivity index (χ3n) is 4.13. The smallest absolute Gasteiger partial charge is 0.270 e. The molecule has 5 rings (SSSR count). The van der Waals surface area contributed by atoms with E-state index in [1.165, 1.54) is 11.3 Å². The lowest BCUT2D eigenvalue weighted by Gasteiger charge is -2.05. The van der Waals surface area contributed by atoms with Gasteiger partial charge >= 0.3 is 0 Å². The van der Waals surface area contributed by atoms with Crippen LogP contribution in [0, 0.1) is 0 Å². The average molecular weight is 355 g/mol. The first-order valence-corrected chi connectivity index (χ1v) is 8.78. The number of thiophene rings is 1. The number of carbonyl (C=O) groups excluding carboxylic acids is 1. The number of anilines is 1. The number of benzene rings is 1. The van der Waals surface area contributed by atoms with Crippen molar-refractivity contribution in [1.82, 2.24) is 10.1 Å². The maximum atomic E-state index is 12.5. The zero-order valence-corrected chi connectivity index (χ0v) is 13.8. The molecule has 8 heteroatoms. The Morgan fingerprint density at radius 1 is 1.20 bits per heavy atom. The highest BCUT2D eigenvalue weighted by atomic mass is 32.1. The van der Waals surface area contributed by atoms with Gasteiger partial charge < -0.3 is 19.3 Å². The fraction of sp³-hybridized carbons (Fsp3) is 0.235. The molecule has 1 N–H and O–H groups in total. The topological polar surface area (TPSA) is 86.5 Å². The Hall–Kier alpha value is -2.87. The molecule has 1 aliphatic heterocycles. The number of fused-ring (bicyclic) bond motifs is 1. The Kier molecular flexibility index (Phi) is 3.24. The zero-order chi connectivity index (χ0) is 16.8. The summed E-state index contributed by atoms with van der Waals surface area (Å²) in [4.78, 5) is 17.8. The molecule has 0 radical (unpaired) electrons. The van der Waals surface area contributed by atoms with Crippen LogP contribution in [0.5, 0.6) is 11.5 Å². The molecular formula is C17H13N3O4S. The van der Waals surface area contributed by atoms with E-state index in [0.29, 0.717) is 34.6 Å². The number of nitrogens with one attached hydrogen (secondary N) is 1. The van der Waals surface area contributed by atoms with Gasteiger partial charge in [-0.25, -0.2) is 0 Å². The maximum absolute atomic E-state index is 12.5. The summed E-state index contributed by atoms with van der Waals surface area (Å²) in [5.74, 6) is 2.59. The van der Waals surface area contributed by atoms with Crippen molar-refractivity contribution in [2.24, 2.45) is 0 Å². The monoisotopic (exact) mass is 355 g/mol. The molecular weight excluding hydrogens is 342 g/mol. The molecule has 1 saturated carbocycles. The van der Waals surface area contributed by atoms with Gasteiger partial charge in [0.25, 0.3) is 11.8 Å². The van der Waals surface area contributed by atoms with E-state index < -0.39 is 0 Å². The highest BCUT2D eigenvalue weighted by molar-refractivity contribution is 7.14. The Labute approximate surface area is 146 Å². The van der Waals surface area contributed by atoms with Gasteiger partial charge in [-0.05, 0) is 42.5 Å². The number of ether oxygens (including phenoxy) is 2. The van der Waals surface area contributed by atoms with E-state index >= 15 is 0 Å². The molecule has 0 saturated heterocycles. The molecule has 2 aliphatic rings. The largest absolute Gasteiger partial charge is 0.454 e. The van der Waals surface area contributed by atoms with Gasteiger partial charge in [0.05, 0.1) is 5.69 Å². The number of rotatable bonds is 4. The van der Waals surface area contributed by atoms with Gasteiger partial charge in [-0.2, -0.15) is 4.98 Å². The summed E-state index contributed by atoms with van der Waals surface area (Å²) in [5.41, 5.74) is 1.14. The lowest BCUT2D eigenvalue weighted by molar-refractivity contribution is 0.102. The molecule has 0 unspecified atom stereocenters. The fourth-order valence-electron chi connectivity index (χ4n) is 2.64. The minimum Gasteiger partial charge on any atom is -0.454 e. The predicted octanol–water partition coefficient (Wildman–Crippen LogP) is 3.66. The quantitative estimate of drug-likeness (QED) is 0.769. The van der Waals surface area contributed by atoms with Crippen molar-refractivity contribution < 1.29 is 18.8 Å². The van der Waals surface area contributed by atoms with Crippen LogP contribution in [0.15, 0.2) is 34.2 Å². The van der Waals surface area contributed by atoms with Crippen LogP contribution in [0.4, 0.5) is 5.69 Å². The maximum Gasteiger partial charge on any atom is 0.270 e. The number of amides is 1. The Morgan fingerprint density at radius 2 is 2.08 bits per heavy atom. The molecule has 1 amide bonds. The van der Waals surface area contributed by atoms with Gasteiger partial charge in [0.2, 0.25) is 6.79 Å². The van der Waals surface area contributed by atoms with Crippen LogP contribution < -0.4 is 14.8 Å². The first-order chi connectivity index (χ1) is 12.3. The Morgan fingerprint density at radius 3 is 2.96 bits per heavy atom. The Bertz CT molecular complexity index is 960. The van der Waals surface area contributed by atoms with Crippen molar-refractivity contribution in [1.29, 1.82) is 0 Å². The number of nitrogens with zero attached hydrogens (tertiary/aromatic N) is 2. The minimum atomic E-state index is -0.236. The minimum absolute atomic E-state index is 0.176.